The maximum atomic E-state index is 11.8. The molecule has 0 aliphatic rings. The highest BCUT2D eigenvalue weighted by molar-refractivity contribution is 7.91. The minimum absolute atomic E-state index is 0.0985. The number of hydrogen-bond acceptors (Lipinski definition) is 4. The van der Waals surface area contributed by atoms with E-state index in [0.29, 0.717) is 0 Å². The molecule has 1 aromatic heterocycles. The molecule has 1 aromatic rings. The van der Waals surface area contributed by atoms with Gasteiger partial charge in [-0.25, -0.2) is 8.42 Å². The van der Waals surface area contributed by atoms with Crippen molar-refractivity contribution in [3.05, 3.63) is 21.4 Å². The average molecular weight is 289 g/mol. The van der Waals surface area contributed by atoms with Gasteiger partial charge in [0.25, 0.3) is 0 Å². The zero-order valence-corrected chi connectivity index (χ0v) is 13.4. The molecule has 0 bridgehead atoms. The van der Waals surface area contributed by atoms with Crippen LogP contribution in [-0.2, 0) is 9.84 Å². The summed E-state index contributed by atoms with van der Waals surface area (Å²) in [5, 5.41) is 2.98. The normalized spacial score (nSPS) is 15.6. The SMILES string of the molecule is CCCNC(c1sc(C)cc1C)C(C)S(C)(=O)=O. The Labute approximate surface area is 115 Å². The second-order valence-electron chi connectivity index (χ2n) is 4.87. The highest BCUT2D eigenvalue weighted by Crippen LogP contribution is 2.31. The predicted octanol–water partition coefficient (Wildman–Crippen LogP) is 2.84. The van der Waals surface area contributed by atoms with Gasteiger partial charge in [0.1, 0.15) is 0 Å². The Hall–Kier alpha value is -0.390. The third-order valence-electron chi connectivity index (χ3n) is 3.12. The van der Waals surface area contributed by atoms with Gasteiger partial charge in [0.05, 0.1) is 11.3 Å². The average Bonchev–Trinajstić information content (AvgIpc) is 2.57. The second kappa shape index (κ2) is 6.17. The quantitative estimate of drug-likeness (QED) is 0.876. The van der Waals surface area contributed by atoms with E-state index in [1.54, 1.807) is 18.3 Å². The smallest absolute Gasteiger partial charge is 0.151 e. The number of thiophene rings is 1. The molecule has 0 aromatic carbocycles. The highest BCUT2D eigenvalue weighted by atomic mass is 32.2. The Morgan fingerprint density at radius 1 is 1.39 bits per heavy atom. The van der Waals surface area contributed by atoms with Gasteiger partial charge in [-0.1, -0.05) is 6.92 Å². The molecule has 5 heteroatoms. The molecule has 18 heavy (non-hydrogen) atoms. The summed E-state index contributed by atoms with van der Waals surface area (Å²) < 4.78 is 23.6. The number of aryl methyl sites for hydroxylation is 2. The monoisotopic (exact) mass is 289 g/mol. The molecule has 3 nitrogen and oxygen atoms in total. The summed E-state index contributed by atoms with van der Waals surface area (Å²) in [6, 6.07) is 2.02. The van der Waals surface area contributed by atoms with Crippen LogP contribution in [0.4, 0.5) is 0 Å². The van der Waals surface area contributed by atoms with Crippen molar-refractivity contribution in [3.8, 4) is 0 Å². The lowest BCUT2D eigenvalue weighted by Gasteiger charge is -2.24. The first kappa shape index (κ1) is 15.7. The van der Waals surface area contributed by atoms with Gasteiger partial charge in [-0.05, 0) is 45.4 Å². The van der Waals surface area contributed by atoms with E-state index < -0.39 is 15.1 Å². The van der Waals surface area contributed by atoms with Gasteiger partial charge in [0, 0.05) is 16.0 Å². The van der Waals surface area contributed by atoms with Crippen LogP contribution in [-0.4, -0.2) is 26.5 Å². The molecular formula is C13H23NO2S2. The fraction of sp³-hybridized carbons (Fsp3) is 0.692. The van der Waals surface area contributed by atoms with Crippen molar-refractivity contribution in [1.82, 2.24) is 5.32 Å². The van der Waals surface area contributed by atoms with Gasteiger partial charge in [-0.2, -0.15) is 0 Å². The van der Waals surface area contributed by atoms with E-state index in [9.17, 15) is 8.42 Å². The molecule has 1 N–H and O–H groups in total. The van der Waals surface area contributed by atoms with Crippen molar-refractivity contribution in [1.29, 1.82) is 0 Å². The van der Waals surface area contributed by atoms with Crippen LogP contribution >= 0.6 is 11.3 Å². The largest absolute Gasteiger partial charge is 0.308 e. The standard InChI is InChI=1S/C13H23NO2S2/c1-6-7-14-12(11(4)18(5,15)16)13-9(2)8-10(3)17-13/h8,11-12,14H,6-7H2,1-5H3. The van der Waals surface area contributed by atoms with E-state index in [0.717, 1.165) is 17.8 Å². The maximum absolute atomic E-state index is 11.8. The first-order valence-electron chi connectivity index (χ1n) is 6.26. The van der Waals surface area contributed by atoms with Crippen LogP contribution in [0.25, 0.3) is 0 Å². The molecule has 2 atom stereocenters. The third kappa shape index (κ3) is 3.80. The van der Waals surface area contributed by atoms with Crippen LogP contribution in [0.2, 0.25) is 0 Å². The Bertz CT molecular complexity index is 491. The number of nitrogens with one attached hydrogen (secondary N) is 1. The summed E-state index contributed by atoms with van der Waals surface area (Å²) >= 11 is 1.69. The summed E-state index contributed by atoms with van der Waals surface area (Å²) in [5.41, 5.74) is 1.18. The molecule has 0 aliphatic heterocycles. The first-order valence-corrected chi connectivity index (χ1v) is 9.03. The molecule has 0 amide bonds. The minimum atomic E-state index is -3.04. The lowest BCUT2D eigenvalue weighted by Crippen LogP contribution is -2.35. The molecule has 0 fully saturated rings. The zero-order chi connectivity index (χ0) is 13.9. The number of rotatable bonds is 6. The van der Waals surface area contributed by atoms with Gasteiger partial charge in [-0.15, -0.1) is 11.3 Å². The van der Waals surface area contributed by atoms with Crippen molar-refractivity contribution in [2.75, 3.05) is 12.8 Å². The van der Waals surface area contributed by atoms with E-state index in [-0.39, 0.29) is 6.04 Å². The topological polar surface area (TPSA) is 46.2 Å². The van der Waals surface area contributed by atoms with Gasteiger partial charge >= 0.3 is 0 Å². The van der Waals surface area contributed by atoms with Crippen LogP contribution in [0.5, 0.6) is 0 Å². The van der Waals surface area contributed by atoms with Gasteiger partial charge in [0.2, 0.25) is 0 Å². The van der Waals surface area contributed by atoms with Crippen LogP contribution in [0, 0.1) is 13.8 Å². The lowest BCUT2D eigenvalue weighted by atomic mass is 10.1. The zero-order valence-electron chi connectivity index (χ0n) is 11.8. The molecule has 2 unspecified atom stereocenters. The van der Waals surface area contributed by atoms with Gasteiger partial charge in [-0.3, -0.25) is 0 Å². The van der Waals surface area contributed by atoms with E-state index in [1.165, 1.54) is 16.7 Å². The predicted molar refractivity (Wildman–Crippen MR) is 79.1 cm³/mol. The fourth-order valence-corrected chi connectivity index (χ4v) is 4.02. The van der Waals surface area contributed by atoms with E-state index in [4.69, 9.17) is 0 Å². The van der Waals surface area contributed by atoms with Crippen molar-refractivity contribution >= 4 is 21.2 Å². The van der Waals surface area contributed by atoms with Crippen LogP contribution in [0.3, 0.4) is 0 Å². The Kier molecular flexibility index (Phi) is 5.37. The van der Waals surface area contributed by atoms with Crippen LogP contribution in [0.1, 0.15) is 41.6 Å². The van der Waals surface area contributed by atoms with E-state index in [2.05, 4.69) is 32.2 Å². The van der Waals surface area contributed by atoms with Gasteiger partial charge in [0.15, 0.2) is 9.84 Å². The van der Waals surface area contributed by atoms with Gasteiger partial charge < -0.3 is 5.32 Å². The van der Waals surface area contributed by atoms with Crippen LogP contribution in [0.15, 0.2) is 6.07 Å². The summed E-state index contributed by atoms with van der Waals surface area (Å²) in [6.45, 7) is 8.82. The van der Waals surface area contributed by atoms with Crippen molar-refractivity contribution in [2.24, 2.45) is 0 Å². The van der Waals surface area contributed by atoms with Crippen molar-refractivity contribution < 1.29 is 8.42 Å². The van der Waals surface area contributed by atoms with E-state index in [1.807, 2.05) is 0 Å². The van der Waals surface area contributed by atoms with Crippen LogP contribution < -0.4 is 5.32 Å². The third-order valence-corrected chi connectivity index (χ3v) is 5.98. The molecule has 104 valence electrons. The summed E-state index contributed by atoms with van der Waals surface area (Å²) in [4.78, 5) is 2.38. The number of hydrogen-bond donors (Lipinski definition) is 1. The maximum Gasteiger partial charge on any atom is 0.151 e. The van der Waals surface area contributed by atoms with E-state index >= 15 is 0 Å². The lowest BCUT2D eigenvalue weighted by molar-refractivity contribution is 0.504. The Balaban J connectivity index is 3.09. The molecule has 0 radical (unpaired) electrons. The Morgan fingerprint density at radius 3 is 2.39 bits per heavy atom. The molecule has 1 rings (SSSR count). The van der Waals surface area contributed by atoms with Crippen molar-refractivity contribution in [3.63, 3.8) is 0 Å². The summed E-state index contributed by atoms with van der Waals surface area (Å²) in [7, 11) is -3.04. The molecule has 1 heterocycles. The van der Waals surface area contributed by atoms with Crippen molar-refractivity contribution in [2.45, 2.75) is 45.4 Å². The Morgan fingerprint density at radius 2 is 2.00 bits per heavy atom. The summed E-state index contributed by atoms with van der Waals surface area (Å²) in [6.07, 6.45) is 2.31. The molecular weight excluding hydrogens is 266 g/mol. The molecule has 0 saturated heterocycles. The molecule has 0 aliphatic carbocycles. The molecule has 0 spiro atoms. The summed E-state index contributed by atoms with van der Waals surface area (Å²) in [5.74, 6) is 0. The fourth-order valence-electron chi connectivity index (χ4n) is 1.99. The number of sulfone groups is 1. The first-order chi connectivity index (χ1) is 8.27. The highest BCUT2D eigenvalue weighted by Gasteiger charge is 2.29. The molecule has 0 saturated carbocycles. The second-order valence-corrected chi connectivity index (χ2v) is 8.56. The minimum Gasteiger partial charge on any atom is -0.308 e.